The summed E-state index contributed by atoms with van der Waals surface area (Å²) in [7, 11) is 0. The van der Waals surface area contributed by atoms with E-state index in [1.54, 1.807) is 0 Å². The van der Waals surface area contributed by atoms with E-state index in [0.717, 1.165) is 41.0 Å². The zero-order chi connectivity index (χ0) is 15.2. The first-order valence-electron chi connectivity index (χ1n) is 7.34. The van der Waals surface area contributed by atoms with Crippen LogP contribution in [-0.2, 0) is 6.54 Å². The molecule has 21 heavy (non-hydrogen) atoms. The molecule has 2 rings (SSSR count). The predicted octanol–water partition coefficient (Wildman–Crippen LogP) is 5.36. The third-order valence-corrected chi connectivity index (χ3v) is 4.26. The Balaban J connectivity index is 2.14. The van der Waals surface area contributed by atoms with E-state index in [0.29, 0.717) is 0 Å². The van der Waals surface area contributed by atoms with Crippen LogP contribution in [0.1, 0.15) is 30.0 Å². The molecule has 0 radical (unpaired) electrons. The Hall–Kier alpha value is -1.32. The van der Waals surface area contributed by atoms with Gasteiger partial charge in [-0.1, -0.05) is 35.0 Å². The van der Waals surface area contributed by atoms with Crippen LogP contribution < -0.4 is 10.1 Å². The van der Waals surface area contributed by atoms with Crippen LogP contribution in [0.2, 0.25) is 0 Å². The average Bonchev–Trinajstić information content (AvgIpc) is 2.46. The molecule has 0 aliphatic heterocycles. The fourth-order valence-electron chi connectivity index (χ4n) is 2.08. The van der Waals surface area contributed by atoms with Gasteiger partial charge in [-0.15, -0.1) is 0 Å². The van der Waals surface area contributed by atoms with Gasteiger partial charge < -0.3 is 10.1 Å². The molecular formula is C18H22BrNO. The first kappa shape index (κ1) is 16.1. The van der Waals surface area contributed by atoms with Gasteiger partial charge in [-0.25, -0.2) is 0 Å². The van der Waals surface area contributed by atoms with Gasteiger partial charge in [0.2, 0.25) is 0 Å². The third kappa shape index (κ3) is 4.58. The van der Waals surface area contributed by atoms with Gasteiger partial charge in [-0.2, -0.15) is 0 Å². The van der Waals surface area contributed by atoms with Crippen LogP contribution in [0.3, 0.4) is 0 Å². The zero-order valence-electron chi connectivity index (χ0n) is 12.9. The minimum atomic E-state index is 0.873. The molecule has 2 aromatic rings. The third-order valence-electron chi connectivity index (χ3n) is 3.37. The molecule has 0 aliphatic rings. The van der Waals surface area contributed by atoms with E-state index in [2.05, 4.69) is 60.2 Å². The van der Waals surface area contributed by atoms with Crippen molar-refractivity contribution in [2.24, 2.45) is 0 Å². The quantitative estimate of drug-likeness (QED) is 0.710. The van der Waals surface area contributed by atoms with Gasteiger partial charge in [0.25, 0.3) is 0 Å². The van der Waals surface area contributed by atoms with Crippen molar-refractivity contribution in [2.45, 2.75) is 33.7 Å². The van der Waals surface area contributed by atoms with Crippen molar-refractivity contribution < 1.29 is 4.74 Å². The second kappa shape index (κ2) is 7.62. The fraction of sp³-hybridized carbons (Fsp3) is 0.333. The Labute approximate surface area is 135 Å². The second-order valence-corrected chi connectivity index (χ2v) is 6.14. The second-order valence-electron chi connectivity index (χ2n) is 5.29. The van der Waals surface area contributed by atoms with Gasteiger partial charge in [-0.3, -0.25) is 0 Å². The van der Waals surface area contributed by atoms with Crippen molar-refractivity contribution in [1.82, 2.24) is 5.32 Å². The highest BCUT2D eigenvalue weighted by Gasteiger charge is 2.05. The minimum absolute atomic E-state index is 0.873. The maximum absolute atomic E-state index is 6.04. The minimum Gasteiger partial charge on any atom is -0.457 e. The van der Waals surface area contributed by atoms with Crippen LogP contribution in [0.4, 0.5) is 0 Å². The predicted molar refractivity (Wildman–Crippen MR) is 92.1 cm³/mol. The highest BCUT2D eigenvalue weighted by Crippen LogP contribution is 2.29. The van der Waals surface area contributed by atoms with Crippen molar-refractivity contribution in [3.63, 3.8) is 0 Å². The molecule has 0 spiro atoms. The van der Waals surface area contributed by atoms with E-state index in [9.17, 15) is 0 Å². The molecular weight excluding hydrogens is 326 g/mol. The maximum Gasteiger partial charge on any atom is 0.130 e. The van der Waals surface area contributed by atoms with Gasteiger partial charge in [0, 0.05) is 11.0 Å². The number of ether oxygens (including phenoxy) is 1. The number of rotatable bonds is 6. The summed E-state index contributed by atoms with van der Waals surface area (Å²) in [5.41, 5.74) is 3.57. The van der Waals surface area contributed by atoms with E-state index < -0.39 is 0 Å². The van der Waals surface area contributed by atoms with Crippen molar-refractivity contribution in [3.05, 3.63) is 57.6 Å². The highest BCUT2D eigenvalue weighted by atomic mass is 79.9. The normalized spacial score (nSPS) is 10.7. The average molecular weight is 348 g/mol. The molecule has 0 bridgehead atoms. The summed E-state index contributed by atoms with van der Waals surface area (Å²) in [4.78, 5) is 0. The van der Waals surface area contributed by atoms with E-state index in [4.69, 9.17) is 4.74 Å². The lowest BCUT2D eigenvalue weighted by molar-refractivity contribution is 0.477. The molecule has 2 nitrogen and oxygen atoms in total. The Morgan fingerprint density at radius 1 is 1.05 bits per heavy atom. The van der Waals surface area contributed by atoms with E-state index in [-0.39, 0.29) is 0 Å². The van der Waals surface area contributed by atoms with Crippen molar-refractivity contribution >= 4 is 15.9 Å². The van der Waals surface area contributed by atoms with Crippen LogP contribution in [0.25, 0.3) is 0 Å². The van der Waals surface area contributed by atoms with Gasteiger partial charge in [-0.05, 0) is 67.8 Å². The molecule has 0 aliphatic carbocycles. The number of hydrogen-bond donors (Lipinski definition) is 1. The van der Waals surface area contributed by atoms with Crippen LogP contribution in [0.5, 0.6) is 11.5 Å². The van der Waals surface area contributed by atoms with Gasteiger partial charge in [0.15, 0.2) is 0 Å². The molecule has 0 atom stereocenters. The standard InChI is InChI=1S/C18H22BrNO/c1-4-9-20-12-15-6-5-13(2)18(11-15)21-16-7-8-17(19)14(3)10-16/h5-8,10-11,20H,4,9,12H2,1-3H3. The van der Waals surface area contributed by atoms with E-state index in [1.165, 1.54) is 11.1 Å². The number of halogens is 1. The lowest BCUT2D eigenvalue weighted by Gasteiger charge is -2.12. The zero-order valence-corrected chi connectivity index (χ0v) is 14.5. The van der Waals surface area contributed by atoms with Crippen LogP contribution >= 0.6 is 15.9 Å². The first-order chi connectivity index (χ1) is 10.1. The molecule has 1 N–H and O–H groups in total. The molecule has 0 unspecified atom stereocenters. The fourth-order valence-corrected chi connectivity index (χ4v) is 2.33. The van der Waals surface area contributed by atoms with Crippen LogP contribution in [0, 0.1) is 13.8 Å². The lowest BCUT2D eigenvalue weighted by atomic mass is 10.1. The summed E-state index contributed by atoms with van der Waals surface area (Å²) in [6.45, 7) is 8.23. The maximum atomic E-state index is 6.04. The molecule has 0 aromatic heterocycles. The van der Waals surface area contributed by atoms with Crippen molar-refractivity contribution in [3.8, 4) is 11.5 Å². The Kier molecular flexibility index (Phi) is 5.83. The summed E-state index contributed by atoms with van der Waals surface area (Å²) in [5, 5.41) is 3.42. The first-order valence-corrected chi connectivity index (χ1v) is 8.13. The molecule has 0 saturated carbocycles. The Morgan fingerprint density at radius 2 is 1.86 bits per heavy atom. The summed E-state index contributed by atoms with van der Waals surface area (Å²) in [6, 6.07) is 12.4. The highest BCUT2D eigenvalue weighted by molar-refractivity contribution is 9.10. The molecule has 0 amide bonds. The summed E-state index contributed by atoms with van der Waals surface area (Å²) < 4.78 is 7.14. The number of nitrogens with one attached hydrogen (secondary N) is 1. The molecule has 2 aromatic carbocycles. The smallest absolute Gasteiger partial charge is 0.130 e. The molecule has 0 heterocycles. The lowest BCUT2D eigenvalue weighted by Crippen LogP contribution is -2.13. The SMILES string of the molecule is CCCNCc1ccc(C)c(Oc2ccc(Br)c(C)c2)c1. The van der Waals surface area contributed by atoms with Crippen LogP contribution in [-0.4, -0.2) is 6.54 Å². The Bertz CT molecular complexity index is 610. The van der Waals surface area contributed by atoms with Crippen molar-refractivity contribution in [2.75, 3.05) is 6.54 Å². The molecule has 0 fully saturated rings. The molecule has 3 heteroatoms. The Morgan fingerprint density at radius 3 is 2.57 bits per heavy atom. The largest absolute Gasteiger partial charge is 0.457 e. The number of benzene rings is 2. The monoisotopic (exact) mass is 347 g/mol. The van der Waals surface area contributed by atoms with E-state index >= 15 is 0 Å². The number of aryl methyl sites for hydroxylation is 2. The summed E-state index contributed by atoms with van der Waals surface area (Å²) in [5.74, 6) is 1.80. The van der Waals surface area contributed by atoms with Gasteiger partial charge in [0.05, 0.1) is 0 Å². The van der Waals surface area contributed by atoms with Crippen LogP contribution in [0.15, 0.2) is 40.9 Å². The molecule has 112 valence electrons. The summed E-state index contributed by atoms with van der Waals surface area (Å²) in [6.07, 6.45) is 1.15. The van der Waals surface area contributed by atoms with Gasteiger partial charge in [0.1, 0.15) is 11.5 Å². The topological polar surface area (TPSA) is 21.3 Å². The van der Waals surface area contributed by atoms with Gasteiger partial charge >= 0.3 is 0 Å². The summed E-state index contributed by atoms with van der Waals surface area (Å²) >= 11 is 3.51. The molecule has 0 saturated heterocycles. The van der Waals surface area contributed by atoms with E-state index in [1.807, 2.05) is 18.2 Å². The van der Waals surface area contributed by atoms with Crippen molar-refractivity contribution in [1.29, 1.82) is 0 Å². The number of hydrogen-bond acceptors (Lipinski definition) is 2.